The molecule has 1 aromatic carbocycles. The Labute approximate surface area is 184 Å². The van der Waals surface area contributed by atoms with Crippen molar-refractivity contribution in [3.8, 4) is 0 Å². The van der Waals surface area contributed by atoms with Crippen LogP contribution in [0.3, 0.4) is 0 Å². The first kappa shape index (κ1) is 21.0. The number of hydrogen-bond donors (Lipinski definition) is 1. The normalized spacial score (nSPS) is 28.1. The zero-order chi connectivity index (χ0) is 17.9. The summed E-state index contributed by atoms with van der Waals surface area (Å²) in [5.74, 6) is 1.04. The summed E-state index contributed by atoms with van der Waals surface area (Å²) in [4.78, 5) is 14.5. The van der Waals surface area contributed by atoms with Gasteiger partial charge in [0.2, 0.25) is 0 Å². The lowest BCUT2D eigenvalue weighted by atomic mass is 10.1. The molecule has 5 rings (SSSR count). The van der Waals surface area contributed by atoms with Crippen LogP contribution in [0, 0.1) is 0 Å². The van der Waals surface area contributed by atoms with Gasteiger partial charge in [0.15, 0.2) is 5.96 Å². The van der Waals surface area contributed by atoms with E-state index in [1.165, 1.54) is 38.4 Å². The number of fused-ring (bicyclic) bond motifs is 3. The van der Waals surface area contributed by atoms with E-state index in [0.29, 0.717) is 6.04 Å². The first-order valence-electron chi connectivity index (χ1n) is 9.65. The molecule has 0 aliphatic carbocycles. The van der Waals surface area contributed by atoms with Crippen molar-refractivity contribution in [3.63, 3.8) is 0 Å². The molecule has 1 N–H and O–H groups in total. The molecule has 0 aromatic heterocycles. The second-order valence-corrected chi connectivity index (χ2v) is 7.81. The van der Waals surface area contributed by atoms with E-state index in [1.54, 1.807) is 0 Å². The molecule has 8 heteroatoms. The number of nitrogens with zero attached hydrogens (tertiary/aromatic N) is 5. The molecule has 4 aliphatic rings. The van der Waals surface area contributed by atoms with Crippen molar-refractivity contribution in [3.05, 3.63) is 29.3 Å². The van der Waals surface area contributed by atoms with Crippen molar-refractivity contribution in [1.29, 1.82) is 0 Å². The predicted octanol–water partition coefficient (Wildman–Crippen LogP) is 1.66. The zero-order valence-electron chi connectivity index (χ0n) is 16.0. The van der Waals surface area contributed by atoms with E-state index in [0.717, 1.165) is 43.7 Å². The highest BCUT2D eigenvalue weighted by Crippen LogP contribution is 2.21. The third kappa shape index (κ3) is 4.99. The maximum Gasteiger partial charge on any atom is 0.193 e. The maximum atomic E-state index is 6.13. The van der Waals surface area contributed by atoms with E-state index in [4.69, 9.17) is 11.6 Å². The fraction of sp³-hybridized carbons (Fsp3) is 0.632. The summed E-state index contributed by atoms with van der Waals surface area (Å²) in [6, 6.07) is 8.75. The molecule has 0 amide bonds. The van der Waals surface area contributed by atoms with Gasteiger partial charge in [-0.25, -0.2) is 0 Å². The van der Waals surface area contributed by atoms with E-state index in [-0.39, 0.29) is 24.0 Å². The summed E-state index contributed by atoms with van der Waals surface area (Å²) in [5, 5.41) is 4.43. The average molecular weight is 505 g/mol. The van der Waals surface area contributed by atoms with Crippen molar-refractivity contribution in [2.45, 2.75) is 6.04 Å². The molecule has 150 valence electrons. The number of guanidine groups is 1. The van der Waals surface area contributed by atoms with Gasteiger partial charge < -0.3 is 15.1 Å². The SMILES string of the molecule is CN=C(NCC1CN2CCN1CC2)N1CCN(c2cccc(Cl)c2)CC1.I. The summed E-state index contributed by atoms with van der Waals surface area (Å²) in [5.41, 5.74) is 1.21. The Hall–Kier alpha value is -0.770. The van der Waals surface area contributed by atoms with E-state index < -0.39 is 0 Å². The lowest BCUT2D eigenvalue weighted by Crippen LogP contribution is -2.64. The Kier molecular flexibility index (Phi) is 7.47. The van der Waals surface area contributed by atoms with Crippen LogP contribution >= 0.6 is 35.6 Å². The Balaban J connectivity index is 0.00000210. The van der Waals surface area contributed by atoms with E-state index in [2.05, 4.69) is 36.0 Å². The number of halogens is 2. The summed E-state index contributed by atoms with van der Waals surface area (Å²) < 4.78 is 0. The Morgan fingerprint density at radius 1 is 1.11 bits per heavy atom. The molecule has 6 nitrogen and oxygen atoms in total. The number of aliphatic imine (C=N–C) groups is 1. The van der Waals surface area contributed by atoms with E-state index in [1.807, 2.05) is 25.2 Å². The molecular weight excluding hydrogens is 475 g/mol. The molecule has 2 bridgehead atoms. The van der Waals surface area contributed by atoms with Gasteiger partial charge in [-0.05, 0) is 18.2 Å². The summed E-state index contributed by atoms with van der Waals surface area (Å²) in [7, 11) is 1.89. The monoisotopic (exact) mass is 504 g/mol. The molecule has 1 atom stereocenters. The van der Waals surface area contributed by atoms with Crippen LogP contribution in [0.4, 0.5) is 5.69 Å². The molecule has 4 heterocycles. The number of rotatable bonds is 3. The molecular formula is C19H30ClIN6. The second kappa shape index (κ2) is 9.62. The van der Waals surface area contributed by atoms with Gasteiger partial charge in [-0.2, -0.15) is 0 Å². The molecule has 27 heavy (non-hydrogen) atoms. The fourth-order valence-corrected chi connectivity index (χ4v) is 4.49. The maximum absolute atomic E-state index is 6.13. The molecule has 1 aromatic rings. The van der Waals surface area contributed by atoms with Crippen LogP contribution in [0.2, 0.25) is 5.02 Å². The Morgan fingerprint density at radius 3 is 2.44 bits per heavy atom. The van der Waals surface area contributed by atoms with Crippen LogP contribution in [0.1, 0.15) is 0 Å². The Morgan fingerprint density at radius 2 is 1.85 bits per heavy atom. The van der Waals surface area contributed by atoms with Crippen LogP contribution in [0.5, 0.6) is 0 Å². The molecule has 4 aliphatic heterocycles. The third-order valence-electron chi connectivity index (χ3n) is 5.85. The molecule has 0 spiro atoms. The fourth-order valence-electron chi connectivity index (χ4n) is 4.31. The standard InChI is InChI=1S/C19H29ClN6.HI/c1-21-19(22-14-18-15-23-5-7-25(18)8-6-23)26-11-9-24(10-12-26)17-4-2-3-16(20)13-17;/h2-4,13,18H,5-12,14-15H2,1H3,(H,21,22);1H. The van der Waals surface area contributed by atoms with Gasteiger partial charge in [-0.15, -0.1) is 24.0 Å². The van der Waals surface area contributed by atoms with Crippen LogP contribution in [0.25, 0.3) is 0 Å². The molecule has 4 fully saturated rings. The quantitative estimate of drug-likeness (QED) is 0.385. The summed E-state index contributed by atoms with van der Waals surface area (Å²) in [6.45, 7) is 11.0. The van der Waals surface area contributed by atoms with E-state index >= 15 is 0 Å². The van der Waals surface area contributed by atoms with Crippen molar-refractivity contribution >= 4 is 47.2 Å². The van der Waals surface area contributed by atoms with Crippen LogP contribution < -0.4 is 10.2 Å². The minimum Gasteiger partial charge on any atom is -0.368 e. The molecule has 0 saturated carbocycles. The number of hydrogen-bond acceptors (Lipinski definition) is 4. The minimum absolute atomic E-state index is 0. The van der Waals surface area contributed by atoms with Crippen LogP contribution in [-0.2, 0) is 0 Å². The number of piperazine rings is 4. The van der Waals surface area contributed by atoms with Gasteiger partial charge in [0.1, 0.15) is 0 Å². The molecule has 4 saturated heterocycles. The van der Waals surface area contributed by atoms with Crippen molar-refractivity contribution in [2.75, 3.05) is 77.4 Å². The minimum atomic E-state index is 0. The van der Waals surface area contributed by atoms with Gasteiger partial charge in [0.05, 0.1) is 0 Å². The van der Waals surface area contributed by atoms with Crippen molar-refractivity contribution < 1.29 is 0 Å². The molecule has 0 radical (unpaired) electrons. The first-order chi connectivity index (χ1) is 12.7. The van der Waals surface area contributed by atoms with E-state index in [9.17, 15) is 0 Å². The topological polar surface area (TPSA) is 37.4 Å². The second-order valence-electron chi connectivity index (χ2n) is 7.37. The third-order valence-corrected chi connectivity index (χ3v) is 6.09. The van der Waals surface area contributed by atoms with Crippen molar-refractivity contribution in [2.24, 2.45) is 4.99 Å². The Bertz CT molecular complexity index is 641. The average Bonchev–Trinajstić information content (AvgIpc) is 2.70. The lowest BCUT2D eigenvalue weighted by molar-refractivity contribution is 0.0152. The highest BCUT2D eigenvalue weighted by atomic mass is 127. The smallest absolute Gasteiger partial charge is 0.193 e. The number of anilines is 1. The van der Waals surface area contributed by atoms with Gasteiger partial charge >= 0.3 is 0 Å². The lowest BCUT2D eigenvalue weighted by Gasteiger charge is -2.48. The summed E-state index contributed by atoms with van der Waals surface area (Å²) >= 11 is 6.13. The predicted molar refractivity (Wildman–Crippen MR) is 124 cm³/mol. The highest BCUT2D eigenvalue weighted by Gasteiger charge is 2.32. The van der Waals surface area contributed by atoms with Gasteiger partial charge in [-0.1, -0.05) is 17.7 Å². The van der Waals surface area contributed by atoms with Crippen molar-refractivity contribution in [1.82, 2.24) is 20.0 Å². The number of benzene rings is 1. The number of nitrogens with one attached hydrogen (secondary N) is 1. The van der Waals surface area contributed by atoms with Crippen LogP contribution in [-0.4, -0.2) is 99.2 Å². The first-order valence-corrected chi connectivity index (χ1v) is 10.0. The molecule has 1 unspecified atom stereocenters. The van der Waals surface area contributed by atoms with Gasteiger partial charge in [0.25, 0.3) is 0 Å². The highest BCUT2D eigenvalue weighted by molar-refractivity contribution is 14.0. The van der Waals surface area contributed by atoms with Gasteiger partial charge in [-0.3, -0.25) is 14.8 Å². The van der Waals surface area contributed by atoms with Crippen LogP contribution in [0.15, 0.2) is 29.3 Å². The summed E-state index contributed by atoms with van der Waals surface area (Å²) in [6.07, 6.45) is 0. The largest absolute Gasteiger partial charge is 0.368 e. The zero-order valence-corrected chi connectivity index (χ0v) is 19.1. The van der Waals surface area contributed by atoms with Gasteiger partial charge in [0, 0.05) is 89.2 Å².